The molecule has 0 aliphatic carbocycles. The average Bonchev–Trinajstić information content (AvgIpc) is 2.51. The number of hydrogen-bond acceptors (Lipinski definition) is 4. The van der Waals surface area contributed by atoms with Crippen molar-refractivity contribution in [3.8, 4) is 0 Å². The smallest absolute Gasteiger partial charge is 0.242 e. The van der Waals surface area contributed by atoms with Crippen LogP contribution in [-0.4, -0.2) is 60.9 Å². The number of rotatable bonds is 6. The van der Waals surface area contributed by atoms with Gasteiger partial charge in [0.25, 0.3) is 0 Å². The second-order valence-electron chi connectivity index (χ2n) is 5.89. The summed E-state index contributed by atoms with van der Waals surface area (Å²) < 4.78 is 5.68. The van der Waals surface area contributed by atoms with E-state index in [2.05, 4.69) is 0 Å². The van der Waals surface area contributed by atoms with Crippen LogP contribution >= 0.6 is 0 Å². The third-order valence-corrected chi connectivity index (χ3v) is 3.81. The summed E-state index contributed by atoms with van der Waals surface area (Å²) in [7, 11) is 0. The Bertz CT molecular complexity index is 456. The fourth-order valence-electron chi connectivity index (χ4n) is 2.84. The first-order valence-electron chi connectivity index (χ1n) is 7.94. The van der Waals surface area contributed by atoms with E-state index < -0.39 is 0 Å². The molecule has 0 spiro atoms. The first-order valence-corrected chi connectivity index (χ1v) is 7.94. The fraction of sp³-hybridized carbons (Fsp3) is 0.588. The lowest BCUT2D eigenvalue weighted by atomic mass is 10.2. The minimum absolute atomic E-state index is 0.0790. The van der Waals surface area contributed by atoms with Gasteiger partial charge in [-0.25, -0.2) is 0 Å². The van der Waals surface area contributed by atoms with Crippen LogP contribution in [0.25, 0.3) is 0 Å². The molecule has 0 aromatic heterocycles. The average molecular weight is 306 g/mol. The van der Waals surface area contributed by atoms with Gasteiger partial charge in [0.15, 0.2) is 0 Å². The number of aliphatic hydroxyl groups excluding tert-OH is 1. The SMILES string of the molecule is CC1CN(C(=O)CN(CCCO)c2ccccc2)CC(C)O1. The summed E-state index contributed by atoms with van der Waals surface area (Å²) in [5, 5.41) is 9.08. The van der Waals surface area contributed by atoms with Crippen molar-refractivity contribution in [2.24, 2.45) is 0 Å². The van der Waals surface area contributed by atoms with Crippen LogP contribution in [-0.2, 0) is 9.53 Å². The van der Waals surface area contributed by atoms with E-state index in [1.54, 1.807) is 0 Å². The van der Waals surface area contributed by atoms with Crippen molar-refractivity contribution in [1.29, 1.82) is 0 Å². The van der Waals surface area contributed by atoms with Crippen LogP contribution in [0.2, 0.25) is 0 Å². The van der Waals surface area contributed by atoms with Crippen LogP contribution in [0.1, 0.15) is 20.3 Å². The zero-order valence-corrected chi connectivity index (χ0v) is 13.4. The quantitative estimate of drug-likeness (QED) is 0.865. The first-order chi connectivity index (χ1) is 10.6. The third-order valence-electron chi connectivity index (χ3n) is 3.81. The summed E-state index contributed by atoms with van der Waals surface area (Å²) in [6.07, 6.45) is 0.809. The van der Waals surface area contributed by atoms with E-state index in [4.69, 9.17) is 9.84 Å². The number of benzene rings is 1. The van der Waals surface area contributed by atoms with Crippen LogP contribution < -0.4 is 4.90 Å². The molecule has 0 saturated carbocycles. The monoisotopic (exact) mass is 306 g/mol. The molecule has 1 N–H and O–H groups in total. The van der Waals surface area contributed by atoms with E-state index in [0.29, 0.717) is 32.6 Å². The van der Waals surface area contributed by atoms with E-state index >= 15 is 0 Å². The molecule has 1 aliphatic rings. The Balaban J connectivity index is 2.01. The number of amides is 1. The molecule has 1 heterocycles. The van der Waals surface area contributed by atoms with Gasteiger partial charge in [0, 0.05) is 31.9 Å². The largest absolute Gasteiger partial charge is 0.396 e. The van der Waals surface area contributed by atoms with E-state index in [9.17, 15) is 4.79 Å². The molecule has 22 heavy (non-hydrogen) atoms. The first kappa shape index (κ1) is 16.8. The maximum absolute atomic E-state index is 12.6. The number of nitrogens with zero attached hydrogens (tertiary/aromatic N) is 2. The highest BCUT2D eigenvalue weighted by Crippen LogP contribution is 2.16. The number of morpholine rings is 1. The Morgan fingerprint density at radius 1 is 1.27 bits per heavy atom. The molecule has 0 bridgehead atoms. The topological polar surface area (TPSA) is 53.0 Å². The second-order valence-corrected chi connectivity index (χ2v) is 5.89. The summed E-state index contributed by atoms with van der Waals surface area (Å²) in [6, 6.07) is 9.88. The van der Waals surface area contributed by atoms with Crippen molar-refractivity contribution >= 4 is 11.6 Å². The van der Waals surface area contributed by atoms with Crippen LogP contribution in [0, 0.1) is 0 Å². The molecule has 2 unspecified atom stereocenters. The lowest BCUT2D eigenvalue weighted by Crippen LogP contribution is -2.51. The van der Waals surface area contributed by atoms with Gasteiger partial charge in [-0.2, -0.15) is 0 Å². The van der Waals surface area contributed by atoms with Crippen molar-refractivity contribution < 1.29 is 14.6 Å². The molecule has 1 saturated heterocycles. The third kappa shape index (κ3) is 4.71. The number of ether oxygens (including phenoxy) is 1. The molecular weight excluding hydrogens is 280 g/mol. The number of aliphatic hydroxyl groups is 1. The van der Waals surface area contributed by atoms with Gasteiger partial charge in [0.1, 0.15) is 0 Å². The number of anilines is 1. The maximum atomic E-state index is 12.6. The fourth-order valence-corrected chi connectivity index (χ4v) is 2.84. The molecule has 1 aromatic carbocycles. The van der Waals surface area contributed by atoms with Crippen LogP contribution in [0.4, 0.5) is 5.69 Å². The summed E-state index contributed by atoms with van der Waals surface area (Å²) in [4.78, 5) is 16.5. The second kappa shape index (κ2) is 8.15. The van der Waals surface area contributed by atoms with Gasteiger partial charge in [-0.15, -0.1) is 0 Å². The van der Waals surface area contributed by atoms with Crippen molar-refractivity contribution in [2.75, 3.05) is 37.7 Å². The Morgan fingerprint density at radius 2 is 1.91 bits per heavy atom. The Morgan fingerprint density at radius 3 is 2.50 bits per heavy atom. The van der Waals surface area contributed by atoms with Crippen molar-refractivity contribution in [3.05, 3.63) is 30.3 Å². The lowest BCUT2D eigenvalue weighted by molar-refractivity contribution is -0.141. The molecule has 1 aliphatic heterocycles. The van der Waals surface area contributed by atoms with Gasteiger partial charge in [-0.1, -0.05) is 18.2 Å². The molecular formula is C17H26N2O3. The van der Waals surface area contributed by atoms with E-state index in [0.717, 1.165) is 5.69 Å². The molecule has 1 fully saturated rings. The van der Waals surface area contributed by atoms with Gasteiger partial charge in [0.2, 0.25) is 5.91 Å². The van der Waals surface area contributed by atoms with Crippen LogP contribution in [0.5, 0.6) is 0 Å². The summed E-state index contributed by atoms with van der Waals surface area (Å²) in [5.74, 6) is 0.115. The summed E-state index contributed by atoms with van der Waals surface area (Å²) >= 11 is 0. The number of hydrogen-bond donors (Lipinski definition) is 1. The molecule has 2 rings (SSSR count). The van der Waals surface area contributed by atoms with E-state index in [1.807, 2.05) is 54.0 Å². The molecule has 5 heteroatoms. The van der Waals surface area contributed by atoms with E-state index in [1.165, 1.54) is 0 Å². The zero-order valence-electron chi connectivity index (χ0n) is 13.4. The lowest BCUT2D eigenvalue weighted by Gasteiger charge is -2.36. The molecule has 122 valence electrons. The Labute approximate surface area is 132 Å². The van der Waals surface area contributed by atoms with E-state index in [-0.39, 0.29) is 24.7 Å². The predicted molar refractivity (Wildman–Crippen MR) is 86.9 cm³/mol. The van der Waals surface area contributed by atoms with Gasteiger partial charge in [-0.3, -0.25) is 4.79 Å². The van der Waals surface area contributed by atoms with Crippen LogP contribution in [0.3, 0.4) is 0 Å². The normalized spacial score (nSPS) is 21.7. The highest BCUT2D eigenvalue weighted by Gasteiger charge is 2.26. The Kier molecular flexibility index (Phi) is 6.21. The zero-order chi connectivity index (χ0) is 15.9. The predicted octanol–water partition coefficient (Wildman–Crippen LogP) is 1.51. The maximum Gasteiger partial charge on any atom is 0.242 e. The molecule has 5 nitrogen and oxygen atoms in total. The van der Waals surface area contributed by atoms with Crippen molar-refractivity contribution in [2.45, 2.75) is 32.5 Å². The molecule has 1 amide bonds. The highest BCUT2D eigenvalue weighted by atomic mass is 16.5. The van der Waals surface area contributed by atoms with Crippen molar-refractivity contribution in [1.82, 2.24) is 4.90 Å². The Hall–Kier alpha value is -1.59. The highest BCUT2D eigenvalue weighted by molar-refractivity contribution is 5.81. The van der Waals surface area contributed by atoms with Gasteiger partial charge in [0.05, 0.1) is 18.8 Å². The minimum atomic E-state index is 0.0790. The minimum Gasteiger partial charge on any atom is -0.396 e. The number of para-hydroxylation sites is 1. The number of carbonyl (C=O) groups excluding carboxylic acids is 1. The van der Waals surface area contributed by atoms with Gasteiger partial charge >= 0.3 is 0 Å². The summed E-state index contributed by atoms with van der Waals surface area (Å²) in [5.41, 5.74) is 1.01. The molecule has 2 atom stereocenters. The van der Waals surface area contributed by atoms with Crippen LogP contribution in [0.15, 0.2) is 30.3 Å². The molecule has 0 radical (unpaired) electrons. The standard InChI is InChI=1S/C17H26N2O3/c1-14-11-19(12-15(2)22-14)17(21)13-18(9-6-10-20)16-7-4-3-5-8-16/h3-5,7-8,14-15,20H,6,9-13H2,1-2H3. The molecule has 1 aromatic rings. The van der Waals surface area contributed by atoms with Gasteiger partial charge in [-0.05, 0) is 32.4 Å². The van der Waals surface area contributed by atoms with Crippen molar-refractivity contribution in [3.63, 3.8) is 0 Å². The van der Waals surface area contributed by atoms with Gasteiger partial charge < -0.3 is 19.6 Å². The summed E-state index contributed by atoms with van der Waals surface area (Å²) in [6.45, 7) is 6.42. The number of carbonyl (C=O) groups is 1.